The summed E-state index contributed by atoms with van der Waals surface area (Å²) in [7, 11) is 1.83. The molecule has 1 aliphatic heterocycles. The second kappa shape index (κ2) is 8.88. The fourth-order valence-corrected chi connectivity index (χ4v) is 3.23. The van der Waals surface area contributed by atoms with Gasteiger partial charge in [-0.3, -0.25) is 14.4 Å². The van der Waals surface area contributed by atoms with Crippen LogP contribution in [-0.4, -0.2) is 45.5 Å². The summed E-state index contributed by atoms with van der Waals surface area (Å²) >= 11 is 5.34. The van der Waals surface area contributed by atoms with E-state index < -0.39 is 0 Å². The van der Waals surface area contributed by atoms with Gasteiger partial charge in [-0.2, -0.15) is 5.10 Å². The molecule has 28 heavy (non-hydrogen) atoms. The normalized spacial score (nSPS) is 15.2. The smallest absolute Gasteiger partial charge is 0.276 e. The maximum absolute atomic E-state index is 12.7. The second-order valence-corrected chi connectivity index (χ2v) is 6.68. The molecule has 1 N–H and O–H groups in total. The van der Waals surface area contributed by atoms with Crippen LogP contribution >= 0.6 is 12.2 Å². The molecular weight excluding hydrogens is 376 g/mol. The molecule has 148 valence electrons. The maximum atomic E-state index is 12.7. The Hall–Kier alpha value is -2.87. The summed E-state index contributed by atoms with van der Waals surface area (Å²) in [6.45, 7) is 5.49. The third-order valence-electron chi connectivity index (χ3n) is 4.23. The van der Waals surface area contributed by atoms with Gasteiger partial charge >= 0.3 is 0 Å². The lowest BCUT2D eigenvalue weighted by atomic mass is 10.1. The molecule has 0 atom stereocenters. The number of nitrogens with one attached hydrogen (secondary N) is 1. The van der Waals surface area contributed by atoms with E-state index in [0.717, 1.165) is 16.9 Å². The SMILES string of the molecule is CCOc1ccc(CCN2C(=O)/C(=C\c3cnn(C)c3)NC2=S)cc1OCC. The van der Waals surface area contributed by atoms with Crippen LogP contribution in [0.5, 0.6) is 11.5 Å². The lowest BCUT2D eigenvalue weighted by molar-refractivity contribution is -0.122. The summed E-state index contributed by atoms with van der Waals surface area (Å²) in [6.07, 6.45) is 5.94. The Morgan fingerprint density at radius 2 is 1.96 bits per heavy atom. The van der Waals surface area contributed by atoms with Crippen LogP contribution in [0, 0.1) is 0 Å². The molecule has 0 bridgehead atoms. The van der Waals surface area contributed by atoms with Gasteiger partial charge in [0.2, 0.25) is 0 Å². The number of aryl methyl sites for hydroxylation is 1. The predicted octanol–water partition coefficient (Wildman–Crippen LogP) is 2.52. The van der Waals surface area contributed by atoms with Crippen LogP contribution in [0.25, 0.3) is 6.08 Å². The first-order valence-electron chi connectivity index (χ1n) is 9.23. The monoisotopic (exact) mass is 400 g/mol. The summed E-state index contributed by atoms with van der Waals surface area (Å²) in [6, 6.07) is 5.84. The zero-order valence-corrected chi connectivity index (χ0v) is 17.1. The molecule has 1 fully saturated rings. The van der Waals surface area contributed by atoms with Crippen LogP contribution in [0.15, 0.2) is 36.3 Å². The fourth-order valence-electron chi connectivity index (χ4n) is 2.95. The summed E-state index contributed by atoms with van der Waals surface area (Å²) in [5.74, 6) is 1.31. The third-order valence-corrected chi connectivity index (χ3v) is 4.55. The number of aromatic nitrogens is 2. The topological polar surface area (TPSA) is 68.6 Å². The van der Waals surface area contributed by atoms with Crippen molar-refractivity contribution in [3.8, 4) is 11.5 Å². The van der Waals surface area contributed by atoms with E-state index in [1.807, 2.05) is 45.3 Å². The lowest BCUT2D eigenvalue weighted by Gasteiger charge is -2.15. The number of amides is 1. The molecule has 7 nitrogen and oxygen atoms in total. The van der Waals surface area contributed by atoms with Crippen molar-refractivity contribution in [2.45, 2.75) is 20.3 Å². The molecule has 1 aromatic carbocycles. The first-order chi connectivity index (χ1) is 13.5. The van der Waals surface area contributed by atoms with Gasteiger partial charge in [0.15, 0.2) is 16.6 Å². The minimum absolute atomic E-state index is 0.134. The van der Waals surface area contributed by atoms with E-state index in [0.29, 0.717) is 42.7 Å². The zero-order chi connectivity index (χ0) is 20.1. The van der Waals surface area contributed by atoms with Gasteiger partial charge < -0.3 is 14.8 Å². The van der Waals surface area contributed by atoms with Gasteiger partial charge in [0.25, 0.3) is 5.91 Å². The van der Waals surface area contributed by atoms with Crippen LogP contribution in [0.4, 0.5) is 0 Å². The molecule has 0 radical (unpaired) electrons. The Morgan fingerprint density at radius 1 is 1.21 bits per heavy atom. The molecule has 8 heteroatoms. The third kappa shape index (κ3) is 4.51. The van der Waals surface area contributed by atoms with Crippen molar-refractivity contribution < 1.29 is 14.3 Å². The molecule has 1 amide bonds. The molecule has 0 unspecified atom stereocenters. The highest BCUT2D eigenvalue weighted by Crippen LogP contribution is 2.29. The van der Waals surface area contributed by atoms with Crippen molar-refractivity contribution in [2.75, 3.05) is 19.8 Å². The Bertz CT molecular complexity index is 907. The Kier molecular flexibility index (Phi) is 6.30. The number of ether oxygens (including phenoxy) is 2. The van der Waals surface area contributed by atoms with E-state index in [1.165, 1.54) is 0 Å². The number of nitrogens with zero attached hydrogens (tertiary/aromatic N) is 3. The van der Waals surface area contributed by atoms with E-state index in [9.17, 15) is 4.79 Å². The number of carbonyl (C=O) groups excluding carboxylic acids is 1. The summed E-state index contributed by atoms with van der Waals surface area (Å²) in [4.78, 5) is 14.3. The molecule has 1 aromatic heterocycles. The molecule has 1 saturated heterocycles. The van der Waals surface area contributed by atoms with E-state index >= 15 is 0 Å². The molecule has 0 saturated carbocycles. The van der Waals surface area contributed by atoms with Gasteiger partial charge in [0.1, 0.15) is 5.70 Å². The van der Waals surface area contributed by atoms with Crippen molar-refractivity contribution in [3.05, 3.63) is 47.4 Å². The molecule has 0 spiro atoms. The molecule has 0 aliphatic carbocycles. The quantitative estimate of drug-likeness (QED) is 0.543. The van der Waals surface area contributed by atoms with Crippen molar-refractivity contribution in [1.82, 2.24) is 20.0 Å². The highest BCUT2D eigenvalue weighted by molar-refractivity contribution is 7.80. The molecular formula is C20H24N4O3S. The Morgan fingerprint density at radius 3 is 2.64 bits per heavy atom. The van der Waals surface area contributed by atoms with Crippen LogP contribution in [0.3, 0.4) is 0 Å². The van der Waals surface area contributed by atoms with E-state index in [2.05, 4.69) is 10.4 Å². The summed E-state index contributed by atoms with van der Waals surface area (Å²) in [5, 5.41) is 7.51. The molecule has 2 heterocycles. The van der Waals surface area contributed by atoms with Crippen molar-refractivity contribution in [3.63, 3.8) is 0 Å². The minimum atomic E-state index is -0.134. The van der Waals surface area contributed by atoms with Crippen LogP contribution in [0.1, 0.15) is 25.0 Å². The van der Waals surface area contributed by atoms with Crippen LogP contribution < -0.4 is 14.8 Å². The lowest BCUT2D eigenvalue weighted by Crippen LogP contribution is -2.32. The first kappa shape index (κ1) is 19.9. The highest BCUT2D eigenvalue weighted by Gasteiger charge is 2.30. The van der Waals surface area contributed by atoms with E-state index in [-0.39, 0.29) is 5.91 Å². The summed E-state index contributed by atoms with van der Waals surface area (Å²) < 4.78 is 12.9. The van der Waals surface area contributed by atoms with Crippen LogP contribution in [-0.2, 0) is 18.3 Å². The maximum Gasteiger partial charge on any atom is 0.276 e. The predicted molar refractivity (Wildman–Crippen MR) is 111 cm³/mol. The first-order valence-corrected chi connectivity index (χ1v) is 9.64. The number of carbonyl (C=O) groups is 1. The van der Waals surface area contributed by atoms with Gasteiger partial charge in [-0.15, -0.1) is 0 Å². The highest BCUT2D eigenvalue weighted by atomic mass is 32.1. The molecule has 1 aliphatic rings. The van der Waals surface area contributed by atoms with Crippen LogP contribution in [0.2, 0.25) is 0 Å². The number of benzene rings is 1. The number of hydrogen-bond acceptors (Lipinski definition) is 5. The van der Waals surface area contributed by atoms with Crippen molar-refractivity contribution in [2.24, 2.45) is 7.05 Å². The number of rotatable bonds is 8. The van der Waals surface area contributed by atoms with Crippen molar-refractivity contribution in [1.29, 1.82) is 0 Å². The van der Waals surface area contributed by atoms with Gasteiger partial charge in [-0.1, -0.05) is 6.07 Å². The van der Waals surface area contributed by atoms with E-state index in [4.69, 9.17) is 21.7 Å². The van der Waals surface area contributed by atoms with Gasteiger partial charge in [-0.25, -0.2) is 0 Å². The minimum Gasteiger partial charge on any atom is -0.490 e. The van der Waals surface area contributed by atoms with E-state index in [1.54, 1.807) is 21.9 Å². The Balaban J connectivity index is 1.68. The molecule has 3 rings (SSSR count). The average molecular weight is 401 g/mol. The second-order valence-electron chi connectivity index (χ2n) is 6.29. The largest absolute Gasteiger partial charge is 0.490 e. The van der Waals surface area contributed by atoms with Crippen molar-refractivity contribution >= 4 is 29.3 Å². The Labute approximate surface area is 169 Å². The van der Waals surface area contributed by atoms with Gasteiger partial charge in [0, 0.05) is 25.4 Å². The van der Waals surface area contributed by atoms with Gasteiger partial charge in [0.05, 0.1) is 19.4 Å². The standard InChI is InChI=1S/C20H24N4O3S/c1-4-26-17-7-6-14(11-18(17)27-5-2)8-9-24-19(25)16(22-20(24)28)10-15-12-21-23(3)13-15/h6-7,10-13H,4-5,8-9H2,1-3H3,(H,22,28)/b16-10+. The summed E-state index contributed by atoms with van der Waals surface area (Å²) in [5.41, 5.74) is 2.35. The number of thiocarbonyl (C=S) groups is 1. The fraction of sp³-hybridized carbons (Fsp3) is 0.350. The number of hydrogen-bond donors (Lipinski definition) is 1. The molecule has 2 aromatic rings. The average Bonchev–Trinajstić information content (AvgIpc) is 3.19. The van der Waals surface area contributed by atoms with Gasteiger partial charge in [-0.05, 0) is 56.3 Å². The zero-order valence-electron chi connectivity index (χ0n) is 16.3.